The van der Waals surface area contributed by atoms with Crippen LogP contribution in [0.25, 0.3) is 5.65 Å². The lowest BCUT2D eigenvalue weighted by Crippen LogP contribution is -2.35. The molecule has 2 aromatic heterocycles. The molecule has 8 heteroatoms. The molecule has 1 N–H and O–H groups in total. The largest absolute Gasteiger partial charge is 0.443 e. The van der Waals surface area contributed by atoms with Crippen LogP contribution in [0.3, 0.4) is 0 Å². The van der Waals surface area contributed by atoms with Gasteiger partial charge in [-0.05, 0) is 57.7 Å². The lowest BCUT2D eigenvalue weighted by molar-refractivity contribution is 0.0597. The number of carbonyl (C=O) groups is 1. The molecule has 0 atom stereocenters. The number of nitrogens with zero attached hydrogens (tertiary/aromatic N) is 4. The average Bonchev–Trinajstić information content (AvgIpc) is 3.39. The number of hydrogen-bond donors (Lipinski definition) is 1. The third-order valence-electron chi connectivity index (χ3n) is 4.63. The fourth-order valence-corrected chi connectivity index (χ4v) is 3.19. The Morgan fingerprint density at radius 2 is 2.07 bits per heavy atom. The molecule has 152 valence electrons. The first kappa shape index (κ1) is 19.2. The van der Waals surface area contributed by atoms with E-state index in [1.807, 2.05) is 0 Å². The van der Waals surface area contributed by atoms with Crippen LogP contribution in [0, 0.1) is 5.82 Å². The summed E-state index contributed by atoms with van der Waals surface area (Å²) in [4.78, 5) is 19.1. The number of rotatable bonds is 4. The monoisotopic (exact) mass is 397 g/mol. The predicted octanol–water partition coefficient (Wildman–Crippen LogP) is 4.86. The van der Waals surface area contributed by atoms with E-state index in [0.29, 0.717) is 28.9 Å². The fourth-order valence-electron chi connectivity index (χ4n) is 3.19. The van der Waals surface area contributed by atoms with Crippen LogP contribution in [0.4, 0.5) is 26.5 Å². The van der Waals surface area contributed by atoms with Gasteiger partial charge in [0.05, 0.1) is 11.9 Å². The van der Waals surface area contributed by atoms with Gasteiger partial charge < -0.3 is 10.1 Å². The number of carbonyl (C=O) groups excluding carboxylic acids is 1. The lowest BCUT2D eigenvalue weighted by atomic mass is 10.2. The Balaban J connectivity index is 1.92. The first-order valence-electron chi connectivity index (χ1n) is 9.62. The third kappa shape index (κ3) is 3.87. The highest BCUT2D eigenvalue weighted by Crippen LogP contribution is 2.42. The van der Waals surface area contributed by atoms with Gasteiger partial charge in [-0.1, -0.05) is 6.07 Å². The highest BCUT2D eigenvalue weighted by Gasteiger charge is 2.31. The van der Waals surface area contributed by atoms with Gasteiger partial charge in [0.2, 0.25) is 0 Å². The number of hydrogen-bond acceptors (Lipinski definition) is 5. The van der Waals surface area contributed by atoms with Crippen LogP contribution in [0.15, 0.2) is 36.5 Å². The van der Waals surface area contributed by atoms with Crippen LogP contribution in [-0.2, 0) is 4.74 Å². The highest BCUT2D eigenvalue weighted by molar-refractivity contribution is 5.96. The maximum atomic E-state index is 14.0. The third-order valence-corrected chi connectivity index (χ3v) is 4.63. The minimum atomic E-state index is -0.718. The van der Waals surface area contributed by atoms with E-state index in [2.05, 4.69) is 15.4 Å². The quantitative estimate of drug-likeness (QED) is 0.681. The van der Waals surface area contributed by atoms with Crippen molar-refractivity contribution in [1.29, 1.82) is 0 Å². The van der Waals surface area contributed by atoms with E-state index in [4.69, 9.17) is 4.74 Å². The zero-order valence-electron chi connectivity index (χ0n) is 16.9. The molecule has 1 aliphatic carbocycles. The van der Waals surface area contributed by atoms with Crippen molar-refractivity contribution in [2.75, 3.05) is 17.3 Å². The fraction of sp³-hybridized carbons (Fsp3) is 0.381. The zero-order chi connectivity index (χ0) is 20.8. The van der Waals surface area contributed by atoms with Gasteiger partial charge in [0, 0.05) is 18.7 Å². The first-order valence-corrected chi connectivity index (χ1v) is 9.62. The Labute approximate surface area is 168 Å². The van der Waals surface area contributed by atoms with Gasteiger partial charge in [0.1, 0.15) is 23.1 Å². The van der Waals surface area contributed by atoms with Crippen molar-refractivity contribution in [2.24, 2.45) is 0 Å². The van der Waals surface area contributed by atoms with Crippen LogP contribution in [0.1, 0.15) is 45.1 Å². The van der Waals surface area contributed by atoms with Gasteiger partial charge in [-0.3, -0.25) is 0 Å². The van der Waals surface area contributed by atoms with Crippen LogP contribution in [0.5, 0.6) is 0 Å². The normalized spacial score (nSPS) is 14.1. The molecule has 0 spiro atoms. The average molecular weight is 397 g/mol. The number of ether oxygens (including phenoxy) is 1. The second-order valence-electron chi connectivity index (χ2n) is 8.15. The maximum Gasteiger partial charge on any atom is 0.420 e. The summed E-state index contributed by atoms with van der Waals surface area (Å²) in [5.74, 6) is 0.990. The summed E-state index contributed by atoms with van der Waals surface area (Å²) in [5, 5.41) is 7.52. The summed E-state index contributed by atoms with van der Waals surface area (Å²) in [6.07, 6.45) is 3.37. The molecule has 0 bridgehead atoms. The second kappa shape index (κ2) is 7.02. The van der Waals surface area contributed by atoms with Crippen molar-refractivity contribution in [3.05, 3.63) is 47.9 Å². The molecule has 1 amide bonds. The van der Waals surface area contributed by atoms with Crippen LogP contribution < -0.4 is 10.2 Å². The number of fused-ring (bicyclic) bond motifs is 1. The summed E-state index contributed by atoms with van der Waals surface area (Å²) in [7, 11) is 1.76. The smallest absolute Gasteiger partial charge is 0.420 e. The van der Waals surface area contributed by atoms with E-state index in [-0.39, 0.29) is 0 Å². The summed E-state index contributed by atoms with van der Waals surface area (Å²) >= 11 is 0. The molecule has 1 aromatic carbocycles. The first-order chi connectivity index (χ1) is 13.8. The van der Waals surface area contributed by atoms with E-state index < -0.39 is 17.5 Å². The molecule has 0 aliphatic heterocycles. The maximum absolute atomic E-state index is 14.0. The molecule has 1 fully saturated rings. The zero-order valence-corrected chi connectivity index (χ0v) is 16.9. The van der Waals surface area contributed by atoms with Crippen molar-refractivity contribution in [3.8, 4) is 0 Å². The number of amides is 1. The standard InChI is InChI=1S/C21H24FN5O2/c1-21(2,3)29-20(28)26(15-7-5-6-14(22)10-15)18-11-17(23-4)25-19-16(13-8-9-13)12-24-27(18)19/h5-7,10-13H,8-9H2,1-4H3,(H,23,25). The van der Waals surface area contributed by atoms with Crippen molar-refractivity contribution in [3.63, 3.8) is 0 Å². The number of anilines is 3. The van der Waals surface area contributed by atoms with E-state index in [9.17, 15) is 9.18 Å². The molecule has 0 unspecified atom stereocenters. The second-order valence-corrected chi connectivity index (χ2v) is 8.15. The van der Waals surface area contributed by atoms with Gasteiger partial charge >= 0.3 is 6.09 Å². The van der Waals surface area contributed by atoms with Gasteiger partial charge in [0.25, 0.3) is 0 Å². The van der Waals surface area contributed by atoms with E-state index in [1.165, 1.54) is 17.0 Å². The Morgan fingerprint density at radius 1 is 1.31 bits per heavy atom. The summed E-state index contributed by atoms with van der Waals surface area (Å²) in [6, 6.07) is 7.53. The van der Waals surface area contributed by atoms with Crippen molar-refractivity contribution in [2.45, 2.75) is 45.1 Å². The number of nitrogens with one attached hydrogen (secondary N) is 1. The number of aromatic nitrogens is 3. The highest BCUT2D eigenvalue weighted by atomic mass is 19.1. The van der Waals surface area contributed by atoms with E-state index in [0.717, 1.165) is 18.4 Å². The topological polar surface area (TPSA) is 71.8 Å². The SMILES string of the molecule is CNc1cc(N(C(=O)OC(C)(C)C)c2cccc(F)c2)n2ncc(C3CC3)c2n1. The Hall–Kier alpha value is -3.16. The molecule has 1 aliphatic rings. The molecule has 1 saturated carbocycles. The Kier molecular flexibility index (Phi) is 4.64. The molecule has 0 radical (unpaired) electrons. The minimum absolute atomic E-state index is 0.345. The molecule has 0 saturated heterocycles. The summed E-state index contributed by atoms with van der Waals surface area (Å²) in [6.45, 7) is 5.36. The lowest BCUT2D eigenvalue weighted by Gasteiger charge is -2.28. The van der Waals surface area contributed by atoms with Crippen LogP contribution >= 0.6 is 0 Å². The number of benzene rings is 1. The van der Waals surface area contributed by atoms with E-state index in [1.54, 1.807) is 56.7 Å². The van der Waals surface area contributed by atoms with Crippen LogP contribution in [-0.4, -0.2) is 33.3 Å². The predicted molar refractivity (Wildman–Crippen MR) is 109 cm³/mol. The van der Waals surface area contributed by atoms with Gasteiger partial charge in [-0.25, -0.2) is 19.1 Å². The molecular formula is C21H24FN5O2. The summed E-state index contributed by atoms with van der Waals surface area (Å²) < 4.78 is 21.2. The molecular weight excluding hydrogens is 373 g/mol. The Morgan fingerprint density at radius 3 is 2.69 bits per heavy atom. The summed E-state index contributed by atoms with van der Waals surface area (Å²) in [5.41, 5.74) is 1.35. The number of halogens is 1. The molecule has 4 rings (SSSR count). The molecule has 2 heterocycles. The van der Waals surface area contributed by atoms with Crippen LogP contribution in [0.2, 0.25) is 0 Å². The molecule has 3 aromatic rings. The van der Waals surface area contributed by atoms with Gasteiger partial charge in [0.15, 0.2) is 5.65 Å². The van der Waals surface area contributed by atoms with Gasteiger partial charge in [-0.2, -0.15) is 9.61 Å². The Bertz CT molecular complexity index is 1070. The van der Waals surface area contributed by atoms with Crippen molar-refractivity contribution >= 4 is 29.1 Å². The minimum Gasteiger partial charge on any atom is -0.443 e. The van der Waals surface area contributed by atoms with E-state index >= 15 is 0 Å². The molecule has 29 heavy (non-hydrogen) atoms. The molecule has 7 nitrogen and oxygen atoms in total. The van der Waals surface area contributed by atoms with Crippen molar-refractivity contribution < 1.29 is 13.9 Å². The van der Waals surface area contributed by atoms with Gasteiger partial charge in [-0.15, -0.1) is 0 Å². The van der Waals surface area contributed by atoms with Crippen molar-refractivity contribution in [1.82, 2.24) is 14.6 Å².